The predicted molar refractivity (Wildman–Crippen MR) is 117 cm³/mol. The number of amides is 3. The SMILES string of the molecule is O=C(CSc1ccccc1)NCCN1C(=O)S/C(=C\c2cccc(Br)c2)C1=O. The van der Waals surface area contributed by atoms with Gasteiger partial charge in [0.15, 0.2) is 0 Å². The molecule has 0 aliphatic carbocycles. The molecule has 0 aromatic heterocycles. The van der Waals surface area contributed by atoms with E-state index in [1.165, 1.54) is 16.7 Å². The number of thioether (sulfide) groups is 2. The number of hydrogen-bond acceptors (Lipinski definition) is 5. The maximum absolute atomic E-state index is 12.5. The molecule has 0 saturated carbocycles. The predicted octanol–water partition coefficient (Wildman–Crippen LogP) is 4.39. The van der Waals surface area contributed by atoms with Gasteiger partial charge in [-0.05, 0) is 47.7 Å². The van der Waals surface area contributed by atoms with Gasteiger partial charge in [-0.25, -0.2) is 0 Å². The molecule has 0 spiro atoms. The van der Waals surface area contributed by atoms with Crippen LogP contribution in [0.3, 0.4) is 0 Å². The maximum atomic E-state index is 12.5. The maximum Gasteiger partial charge on any atom is 0.293 e. The Kier molecular flexibility index (Phi) is 7.36. The second kappa shape index (κ2) is 9.95. The van der Waals surface area contributed by atoms with Crippen molar-refractivity contribution < 1.29 is 14.4 Å². The van der Waals surface area contributed by atoms with E-state index >= 15 is 0 Å². The zero-order valence-electron chi connectivity index (χ0n) is 14.8. The third-order valence-corrected chi connectivity index (χ3v) is 6.20. The fourth-order valence-corrected chi connectivity index (χ4v) is 4.50. The third kappa shape index (κ3) is 5.73. The van der Waals surface area contributed by atoms with Crippen LogP contribution in [0.25, 0.3) is 6.08 Å². The van der Waals surface area contributed by atoms with Crippen LogP contribution in [0.5, 0.6) is 0 Å². The van der Waals surface area contributed by atoms with Crippen LogP contribution in [0.2, 0.25) is 0 Å². The first kappa shape index (κ1) is 20.7. The Bertz CT molecular complexity index is 919. The Hall–Kier alpha value is -2.03. The number of carbonyl (C=O) groups is 3. The van der Waals surface area contributed by atoms with E-state index in [0.29, 0.717) is 4.91 Å². The van der Waals surface area contributed by atoms with Gasteiger partial charge in [0.05, 0.1) is 10.7 Å². The van der Waals surface area contributed by atoms with Crippen LogP contribution >= 0.6 is 39.5 Å². The standard InChI is InChI=1S/C20H17BrN2O3S2/c21-15-6-4-5-14(11-15)12-17-19(25)23(20(26)28-17)10-9-22-18(24)13-27-16-7-2-1-3-8-16/h1-8,11-12H,9-10,13H2,(H,22,24)/b17-12-. The van der Waals surface area contributed by atoms with Gasteiger partial charge in [0.2, 0.25) is 5.91 Å². The van der Waals surface area contributed by atoms with Gasteiger partial charge in [0.1, 0.15) is 0 Å². The molecule has 0 atom stereocenters. The van der Waals surface area contributed by atoms with Crippen molar-refractivity contribution in [2.45, 2.75) is 4.90 Å². The molecule has 2 aromatic carbocycles. The first-order chi connectivity index (χ1) is 13.5. The summed E-state index contributed by atoms with van der Waals surface area (Å²) in [5, 5.41) is 2.43. The van der Waals surface area contributed by atoms with Crippen molar-refractivity contribution in [3.63, 3.8) is 0 Å². The number of nitrogens with one attached hydrogen (secondary N) is 1. The molecule has 3 rings (SSSR count). The van der Waals surface area contributed by atoms with Crippen molar-refractivity contribution in [3.05, 3.63) is 69.5 Å². The van der Waals surface area contributed by atoms with Gasteiger partial charge in [-0.15, -0.1) is 11.8 Å². The fraction of sp³-hybridized carbons (Fsp3) is 0.150. The highest BCUT2D eigenvalue weighted by Crippen LogP contribution is 2.32. The number of benzene rings is 2. The lowest BCUT2D eigenvalue weighted by Gasteiger charge is -2.13. The highest BCUT2D eigenvalue weighted by molar-refractivity contribution is 9.10. The molecule has 5 nitrogen and oxygen atoms in total. The number of halogens is 1. The van der Waals surface area contributed by atoms with Crippen LogP contribution in [0, 0.1) is 0 Å². The van der Waals surface area contributed by atoms with Gasteiger partial charge in [0, 0.05) is 22.5 Å². The number of carbonyl (C=O) groups excluding carboxylic acids is 3. The summed E-state index contributed by atoms with van der Waals surface area (Å²) >= 11 is 5.74. The Morgan fingerprint density at radius 3 is 2.68 bits per heavy atom. The molecular formula is C20H17BrN2O3S2. The lowest BCUT2D eigenvalue weighted by molar-refractivity contribution is -0.123. The summed E-state index contributed by atoms with van der Waals surface area (Å²) in [5.74, 6) is -0.178. The Morgan fingerprint density at radius 1 is 1.14 bits per heavy atom. The van der Waals surface area contributed by atoms with Crippen molar-refractivity contribution >= 4 is 62.6 Å². The fourth-order valence-electron chi connectivity index (χ4n) is 2.46. The van der Waals surface area contributed by atoms with E-state index in [4.69, 9.17) is 0 Å². The summed E-state index contributed by atoms with van der Waals surface area (Å²) in [5.41, 5.74) is 0.839. The Labute approximate surface area is 180 Å². The number of rotatable bonds is 7. The van der Waals surface area contributed by atoms with Crippen molar-refractivity contribution in [2.75, 3.05) is 18.8 Å². The first-order valence-corrected chi connectivity index (χ1v) is 11.1. The van der Waals surface area contributed by atoms with Gasteiger partial charge in [-0.3, -0.25) is 19.3 Å². The van der Waals surface area contributed by atoms with Crippen molar-refractivity contribution in [2.24, 2.45) is 0 Å². The quantitative estimate of drug-likeness (QED) is 0.473. The topological polar surface area (TPSA) is 66.5 Å². The van der Waals surface area contributed by atoms with Gasteiger partial charge in [-0.2, -0.15) is 0 Å². The zero-order chi connectivity index (χ0) is 19.9. The summed E-state index contributed by atoms with van der Waals surface area (Å²) in [7, 11) is 0. The van der Waals surface area contributed by atoms with E-state index in [0.717, 1.165) is 26.7 Å². The average Bonchev–Trinajstić information content (AvgIpc) is 2.94. The van der Waals surface area contributed by atoms with Crippen molar-refractivity contribution in [1.82, 2.24) is 10.2 Å². The molecule has 1 N–H and O–H groups in total. The Morgan fingerprint density at radius 2 is 1.93 bits per heavy atom. The van der Waals surface area contributed by atoms with Crippen LogP contribution in [0.4, 0.5) is 4.79 Å². The summed E-state index contributed by atoms with van der Waals surface area (Å²) in [6.07, 6.45) is 1.70. The van der Waals surface area contributed by atoms with Gasteiger partial charge in [-0.1, -0.05) is 46.3 Å². The van der Waals surface area contributed by atoms with Gasteiger partial charge in [0.25, 0.3) is 11.1 Å². The number of imide groups is 1. The van der Waals surface area contributed by atoms with E-state index < -0.39 is 0 Å². The average molecular weight is 477 g/mol. The molecule has 8 heteroatoms. The van der Waals surface area contributed by atoms with Crippen molar-refractivity contribution in [3.8, 4) is 0 Å². The van der Waals surface area contributed by atoms with E-state index in [1.54, 1.807) is 6.08 Å². The van der Waals surface area contributed by atoms with E-state index in [1.807, 2.05) is 54.6 Å². The smallest absolute Gasteiger partial charge is 0.293 e. The summed E-state index contributed by atoms with van der Waals surface area (Å²) < 4.78 is 0.900. The van der Waals surface area contributed by atoms with E-state index in [-0.39, 0.29) is 35.9 Å². The number of hydrogen-bond donors (Lipinski definition) is 1. The minimum absolute atomic E-state index is 0.134. The second-order valence-electron chi connectivity index (χ2n) is 5.84. The summed E-state index contributed by atoms with van der Waals surface area (Å²) in [6, 6.07) is 17.1. The highest BCUT2D eigenvalue weighted by Gasteiger charge is 2.34. The Balaban J connectivity index is 1.48. The van der Waals surface area contributed by atoms with Crippen LogP contribution in [0.1, 0.15) is 5.56 Å². The largest absolute Gasteiger partial charge is 0.354 e. The van der Waals surface area contributed by atoms with E-state index in [2.05, 4.69) is 21.2 Å². The first-order valence-electron chi connectivity index (χ1n) is 8.48. The molecule has 1 heterocycles. The zero-order valence-corrected chi connectivity index (χ0v) is 18.0. The molecule has 2 aromatic rings. The van der Waals surface area contributed by atoms with Crippen LogP contribution in [-0.4, -0.2) is 40.8 Å². The van der Waals surface area contributed by atoms with Gasteiger partial charge < -0.3 is 5.32 Å². The minimum Gasteiger partial charge on any atom is -0.354 e. The highest BCUT2D eigenvalue weighted by atomic mass is 79.9. The lowest BCUT2D eigenvalue weighted by atomic mass is 10.2. The van der Waals surface area contributed by atoms with Gasteiger partial charge >= 0.3 is 0 Å². The van der Waals surface area contributed by atoms with Crippen LogP contribution < -0.4 is 5.32 Å². The minimum atomic E-state index is -0.331. The van der Waals surface area contributed by atoms with Crippen LogP contribution in [-0.2, 0) is 9.59 Å². The molecule has 1 fully saturated rings. The van der Waals surface area contributed by atoms with Crippen molar-refractivity contribution in [1.29, 1.82) is 0 Å². The summed E-state index contributed by atoms with van der Waals surface area (Å²) in [4.78, 5) is 39.1. The third-order valence-electron chi connectivity index (χ3n) is 3.79. The lowest BCUT2D eigenvalue weighted by Crippen LogP contribution is -2.37. The normalized spacial score (nSPS) is 15.3. The molecule has 1 aliphatic rings. The summed E-state index contributed by atoms with van der Waals surface area (Å²) in [6.45, 7) is 0.388. The molecule has 0 bridgehead atoms. The molecule has 28 heavy (non-hydrogen) atoms. The molecule has 144 valence electrons. The molecule has 1 saturated heterocycles. The van der Waals surface area contributed by atoms with E-state index in [9.17, 15) is 14.4 Å². The molecule has 0 unspecified atom stereocenters. The monoisotopic (exact) mass is 476 g/mol. The van der Waals surface area contributed by atoms with Crippen LogP contribution in [0.15, 0.2) is 68.9 Å². The molecule has 0 radical (unpaired) electrons. The number of nitrogens with zero attached hydrogens (tertiary/aromatic N) is 1. The molecule has 1 aliphatic heterocycles. The second-order valence-corrected chi connectivity index (χ2v) is 8.80. The molecule has 3 amide bonds. The molecular weight excluding hydrogens is 460 g/mol.